The van der Waals surface area contributed by atoms with Crippen LogP contribution in [-0.2, 0) is 12.8 Å². The highest BCUT2D eigenvalue weighted by Crippen LogP contribution is 2.42. The summed E-state index contributed by atoms with van der Waals surface area (Å²) in [5, 5.41) is 0. The molecule has 0 fully saturated rings. The Kier molecular flexibility index (Phi) is 4.99. The molecule has 3 heteroatoms. The second kappa shape index (κ2) is 8.62. The molecule has 4 aromatic carbocycles. The van der Waals surface area contributed by atoms with Crippen molar-refractivity contribution < 1.29 is 9.13 Å². The van der Waals surface area contributed by atoms with Crippen molar-refractivity contribution in [1.82, 2.24) is 4.57 Å². The van der Waals surface area contributed by atoms with E-state index >= 15 is 0 Å². The third-order valence-electron chi connectivity index (χ3n) is 8.89. The van der Waals surface area contributed by atoms with Gasteiger partial charge in [0.05, 0.1) is 16.8 Å². The number of aromatic nitrogens is 3. The van der Waals surface area contributed by atoms with Crippen LogP contribution in [0.25, 0.3) is 39.4 Å². The molecule has 0 aliphatic carbocycles. The number of nitrogens with zero attached hydrogens (tertiary/aromatic N) is 3. The van der Waals surface area contributed by atoms with E-state index in [9.17, 15) is 0 Å². The van der Waals surface area contributed by atoms with E-state index < -0.39 is 0 Å². The van der Waals surface area contributed by atoms with Crippen LogP contribution in [0.2, 0.25) is 0 Å². The lowest BCUT2D eigenvalue weighted by molar-refractivity contribution is -0.814. The first-order chi connectivity index (χ1) is 19.6. The highest BCUT2D eigenvalue weighted by Gasteiger charge is 2.41. The van der Waals surface area contributed by atoms with E-state index in [1.165, 1.54) is 55.7 Å². The summed E-state index contributed by atoms with van der Waals surface area (Å²) in [4.78, 5) is 0. The minimum Gasteiger partial charge on any atom is -0.249 e. The number of hydrogen-bond acceptors (Lipinski definition) is 0. The van der Waals surface area contributed by atoms with E-state index in [1.807, 2.05) is 0 Å². The van der Waals surface area contributed by atoms with E-state index in [0.717, 1.165) is 30.2 Å². The highest BCUT2D eigenvalue weighted by molar-refractivity contribution is 5.86. The van der Waals surface area contributed by atoms with Gasteiger partial charge in [0, 0.05) is 30.2 Å². The molecule has 2 aliphatic heterocycles. The molecule has 8 rings (SSSR count). The SMILES string of the molecule is C=C1[n+]2cc(C)ccc2-c2ccccc2CCc2ccccc2-c2n3c4c(cccc4[n+]21)C(C)c1ccccc1-3. The summed E-state index contributed by atoms with van der Waals surface area (Å²) < 4.78 is 7.21. The molecule has 0 saturated carbocycles. The minimum absolute atomic E-state index is 0.306. The molecule has 40 heavy (non-hydrogen) atoms. The van der Waals surface area contributed by atoms with Gasteiger partial charge in [-0.1, -0.05) is 78.2 Å². The van der Waals surface area contributed by atoms with Gasteiger partial charge in [0.2, 0.25) is 11.2 Å². The van der Waals surface area contributed by atoms with Crippen molar-refractivity contribution in [2.45, 2.75) is 32.6 Å². The van der Waals surface area contributed by atoms with Crippen molar-refractivity contribution in [3.8, 4) is 28.3 Å². The molecule has 0 amide bonds. The summed E-state index contributed by atoms with van der Waals surface area (Å²) in [6.07, 6.45) is 4.16. The fraction of sp³-hybridized carbons (Fsp3) is 0.135. The quantitative estimate of drug-likeness (QED) is 0.189. The standard InChI is InChI=1S/C37H31N3/c1-24-19-22-33-31-14-6-4-11-27(31)20-21-28-12-5-7-15-32(28)37-39(26(3)38(33)23-24)35-18-10-16-30-25(2)29-13-8-9-17-34(29)40(37)36(30)35/h4-19,22-23,25H,3,20-21H2,1-2H3/q+2. The maximum Gasteiger partial charge on any atom is 0.450 e. The molecule has 0 bridgehead atoms. The Bertz CT molecular complexity index is 2010. The van der Waals surface area contributed by atoms with Crippen LogP contribution in [0.3, 0.4) is 0 Å². The van der Waals surface area contributed by atoms with Crippen LogP contribution in [0.4, 0.5) is 0 Å². The Morgan fingerprint density at radius 2 is 1.40 bits per heavy atom. The first-order valence-electron chi connectivity index (χ1n) is 14.2. The predicted molar refractivity (Wildman–Crippen MR) is 160 cm³/mol. The molecule has 0 spiro atoms. The molecule has 1 unspecified atom stereocenters. The number of para-hydroxylation sites is 2. The molecular formula is C37H31N3+2. The summed E-state index contributed by atoms with van der Waals surface area (Å²) in [7, 11) is 0. The maximum atomic E-state index is 4.82. The van der Waals surface area contributed by atoms with Crippen molar-refractivity contribution in [2.24, 2.45) is 0 Å². The topological polar surface area (TPSA) is 12.7 Å². The van der Waals surface area contributed by atoms with Gasteiger partial charge in [-0.05, 0) is 66.3 Å². The number of fused-ring (bicyclic) bond motifs is 10. The van der Waals surface area contributed by atoms with Crippen LogP contribution in [0, 0.1) is 12.7 Å². The van der Waals surface area contributed by atoms with Crippen LogP contribution in [0.15, 0.2) is 116 Å². The molecule has 0 saturated heterocycles. The lowest BCUT2D eigenvalue weighted by Gasteiger charge is -2.24. The van der Waals surface area contributed by atoms with E-state index in [1.54, 1.807) is 0 Å². The number of imidazole rings is 1. The fourth-order valence-electron chi connectivity index (χ4n) is 6.97. The summed E-state index contributed by atoms with van der Waals surface area (Å²) in [6.45, 7) is 9.32. The highest BCUT2D eigenvalue weighted by atomic mass is 15.3. The summed E-state index contributed by atoms with van der Waals surface area (Å²) in [5.41, 5.74) is 14.0. The third kappa shape index (κ3) is 3.18. The van der Waals surface area contributed by atoms with E-state index in [4.69, 9.17) is 6.58 Å². The average molecular weight is 518 g/mol. The van der Waals surface area contributed by atoms with Gasteiger partial charge in [-0.3, -0.25) is 0 Å². The largest absolute Gasteiger partial charge is 0.450 e. The smallest absolute Gasteiger partial charge is 0.249 e. The summed E-state index contributed by atoms with van der Waals surface area (Å²) >= 11 is 0. The van der Waals surface area contributed by atoms with Crippen molar-refractivity contribution >= 4 is 11.0 Å². The molecule has 3 nitrogen and oxygen atoms in total. The van der Waals surface area contributed by atoms with Crippen molar-refractivity contribution in [1.29, 1.82) is 0 Å². The molecule has 2 aliphatic rings. The number of rotatable bonds is 0. The van der Waals surface area contributed by atoms with E-state index in [2.05, 4.69) is 137 Å². The molecule has 4 heterocycles. The van der Waals surface area contributed by atoms with Gasteiger partial charge in [0.25, 0.3) is 0 Å². The first-order valence-corrected chi connectivity index (χ1v) is 14.2. The van der Waals surface area contributed by atoms with E-state index in [-0.39, 0.29) is 0 Å². The zero-order valence-corrected chi connectivity index (χ0v) is 22.9. The van der Waals surface area contributed by atoms with Crippen molar-refractivity contribution in [3.63, 3.8) is 0 Å². The number of pyridine rings is 1. The van der Waals surface area contributed by atoms with Crippen LogP contribution < -0.4 is 9.13 Å². The summed E-state index contributed by atoms with van der Waals surface area (Å²) in [6, 6.07) is 37.9. The van der Waals surface area contributed by atoms with Crippen LogP contribution in [0.1, 0.15) is 40.7 Å². The van der Waals surface area contributed by atoms with Gasteiger partial charge < -0.3 is 0 Å². The number of hydrogen-bond donors (Lipinski definition) is 0. The molecule has 2 aromatic heterocycles. The first kappa shape index (κ1) is 23.2. The van der Waals surface area contributed by atoms with Gasteiger partial charge in [-0.25, -0.2) is 4.57 Å². The van der Waals surface area contributed by atoms with Gasteiger partial charge >= 0.3 is 11.6 Å². The van der Waals surface area contributed by atoms with Crippen molar-refractivity contribution in [2.75, 3.05) is 0 Å². The molecular weight excluding hydrogens is 486 g/mol. The Morgan fingerprint density at radius 3 is 2.23 bits per heavy atom. The van der Waals surface area contributed by atoms with Gasteiger partial charge in [0.15, 0.2) is 6.20 Å². The predicted octanol–water partition coefficient (Wildman–Crippen LogP) is 7.21. The Morgan fingerprint density at radius 1 is 0.725 bits per heavy atom. The molecule has 0 radical (unpaired) electrons. The van der Waals surface area contributed by atoms with Crippen LogP contribution in [0.5, 0.6) is 0 Å². The number of aryl methyl sites for hydroxylation is 3. The van der Waals surface area contributed by atoms with Gasteiger partial charge in [0.1, 0.15) is 5.52 Å². The Balaban J connectivity index is 1.57. The molecule has 1 atom stereocenters. The Hall–Kier alpha value is -4.76. The second-order valence-corrected chi connectivity index (χ2v) is 11.2. The summed E-state index contributed by atoms with van der Waals surface area (Å²) in [5.74, 6) is 2.39. The molecule has 6 aromatic rings. The van der Waals surface area contributed by atoms with Crippen LogP contribution >= 0.6 is 0 Å². The normalized spacial score (nSPS) is 15.3. The Labute approximate surface area is 234 Å². The van der Waals surface area contributed by atoms with E-state index in [0.29, 0.717) is 5.92 Å². The maximum absolute atomic E-state index is 4.82. The minimum atomic E-state index is 0.306. The number of benzene rings is 4. The van der Waals surface area contributed by atoms with Crippen molar-refractivity contribution in [3.05, 3.63) is 150 Å². The zero-order chi connectivity index (χ0) is 27.0. The van der Waals surface area contributed by atoms with Crippen LogP contribution in [-0.4, -0.2) is 4.57 Å². The average Bonchev–Trinajstić information content (AvgIpc) is 3.34. The molecule has 0 N–H and O–H groups in total. The molecule has 192 valence electrons. The third-order valence-corrected chi connectivity index (χ3v) is 8.89. The lowest BCUT2D eigenvalue weighted by atomic mass is 9.88. The second-order valence-electron chi connectivity index (χ2n) is 11.2. The fourth-order valence-corrected chi connectivity index (χ4v) is 6.97. The zero-order valence-electron chi connectivity index (χ0n) is 22.9. The van der Waals surface area contributed by atoms with Gasteiger partial charge in [-0.15, -0.1) is 4.57 Å². The monoisotopic (exact) mass is 517 g/mol. The lowest BCUT2D eigenvalue weighted by Crippen LogP contribution is -2.54. The van der Waals surface area contributed by atoms with Gasteiger partial charge in [-0.2, -0.15) is 0 Å².